The zero-order valence-corrected chi connectivity index (χ0v) is 8.55. The van der Waals surface area contributed by atoms with E-state index in [9.17, 15) is 13.2 Å². The van der Waals surface area contributed by atoms with E-state index in [2.05, 4.69) is 10.1 Å². The Balaban J connectivity index is 2.20. The molecule has 1 saturated heterocycles. The predicted molar refractivity (Wildman–Crippen MR) is 53.0 cm³/mol. The summed E-state index contributed by atoms with van der Waals surface area (Å²) in [4.78, 5) is 0. The summed E-state index contributed by atoms with van der Waals surface area (Å²) in [5.74, 6) is -0.680. The average Bonchev–Trinajstić information content (AvgIpc) is 2.67. The van der Waals surface area contributed by atoms with Crippen molar-refractivity contribution in [3.8, 4) is 5.75 Å². The summed E-state index contributed by atoms with van der Waals surface area (Å²) in [6, 6.07) is 3.81. The van der Waals surface area contributed by atoms with Crippen LogP contribution in [0.5, 0.6) is 5.75 Å². The predicted octanol–water partition coefficient (Wildman–Crippen LogP) is 2.85. The molecule has 1 fully saturated rings. The summed E-state index contributed by atoms with van der Waals surface area (Å²) < 4.78 is 41.4. The van der Waals surface area contributed by atoms with E-state index in [4.69, 9.17) is 0 Å². The molecule has 0 radical (unpaired) electrons. The fourth-order valence-electron chi connectivity index (χ4n) is 1.93. The molecule has 2 rings (SSSR count). The number of halogens is 3. The normalized spacial score (nSPS) is 20.4. The van der Waals surface area contributed by atoms with Gasteiger partial charge in [0.2, 0.25) is 0 Å². The van der Waals surface area contributed by atoms with E-state index in [0.29, 0.717) is 5.56 Å². The maximum Gasteiger partial charge on any atom is 0.387 e. The highest BCUT2D eigenvalue weighted by molar-refractivity contribution is 5.32. The lowest BCUT2D eigenvalue weighted by molar-refractivity contribution is -0.0500. The molecule has 0 bridgehead atoms. The Morgan fingerprint density at radius 2 is 2.12 bits per heavy atom. The molecule has 0 saturated carbocycles. The Hall–Kier alpha value is -1.23. The fourth-order valence-corrected chi connectivity index (χ4v) is 1.93. The smallest absolute Gasteiger partial charge is 0.387 e. The first-order chi connectivity index (χ1) is 7.65. The molecule has 1 aromatic rings. The Morgan fingerprint density at radius 1 is 1.31 bits per heavy atom. The number of nitrogens with one attached hydrogen (secondary N) is 1. The van der Waals surface area contributed by atoms with Gasteiger partial charge in [0.15, 0.2) is 0 Å². The zero-order chi connectivity index (χ0) is 11.5. The molecule has 0 aliphatic carbocycles. The summed E-state index contributed by atoms with van der Waals surface area (Å²) in [7, 11) is 0. The van der Waals surface area contributed by atoms with Gasteiger partial charge in [-0.2, -0.15) is 8.78 Å². The van der Waals surface area contributed by atoms with E-state index >= 15 is 0 Å². The van der Waals surface area contributed by atoms with Crippen LogP contribution in [0.2, 0.25) is 0 Å². The molecule has 0 amide bonds. The van der Waals surface area contributed by atoms with Crippen molar-refractivity contribution in [3.63, 3.8) is 0 Å². The molecule has 1 unspecified atom stereocenters. The monoisotopic (exact) mass is 231 g/mol. The fraction of sp³-hybridized carbons (Fsp3) is 0.455. The Kier molecular flexibility index (Phi) is 3.33. The third-order valence-electron chi connectivity index (χ3n) is 2.58. The van der Waals surface area contributed by atoms with Crippen LogP contribution in [0, 0.1) is 5.82 Å². The van der Waals surface area contributed by atoms with Gasteiger partial charge in [0, 0.05) is 12.1 Å². The first kappa shape index (κ1) is 11.3. The topological polar surface area (TPSA) is 21.3 Å². The highest BCUT2D eigenvalue weighted by Crippen LogP contribution is 2.27. The maximum absolute atomic E-state index is 13.2. The molecular weight excluding hydrogens is 219 g/mol. The SMILES string of the molecule is Fc1cc(OC(F)F)cc(C2CCCN2)c1. The molecule has 1 atom stereocenters. The number of hydrogen-bond acceptors (Lipinski definition) is 2. The van der Waals surface area contributed by atoms with Gasteiger partial charge < -0.3 is 10.1 Å². The van der Waals surface area contributed by atoms with Gasteiger partial charge in [0.25, 0.3) is 0 Å². The van der Waals surface area contributed by atoms with Crippen LogP contribution in [0.1, 0.15) is 24.4 Å². The van der Waals surface area contributed by atoms with E-state index in [-0.39, 0.29) is 11.8 Å². The van der Waals surface area contributed by atoms with Crippen molar-refractivity contribution in [3.05, 3.63) is 29.6 Å². The van der Waals surface area contributed by atoms with Gasteiger partial charge in [0.05, 0.1) is 0 Å². The van der Waals surface area contributed by atoms with Gasteiger partial charge >= 0.3 is 6.61 Å². The first-order valence-electron chi connectivity index (χ1n) is 5.14. The zero-order valence-electron chi connectivity index (χ0n) is 8.55. The molecule has 0 spiro atoms. The van der Waals surface area contributed by atoms with Crippen LogP contribution in [-0.4, -0.2) is 13.2 Å². The minimum Gasteiger partial charge on any atom is -0.435 e. The van der Waals surface area contributed by atoms with Crippen LogP contribution in [-0.2, 0) is 0 Å². The van der Waals surface area contributed by atoms with E-state index in [1.165, 1.54) is 12.1 Å². The van der Waals surface area contributed by atoms with E-state index in [1.807, 2.05) is 0 Å². The summed E-state index contributed by atoms with van der Waals surface area (Å²) in [5.41, 5.74) is 0.660. The van der Waals surface area contributed by atoms with Crippen molar-refractivity contribution in [1.29, 1.82) is 0 Å². The lowest BCUT2D eigenvalue weighted by atomic mass is 10.1. The quantitative estimate of drug-likeness (QED) is 0.863. The van der Waals surface area contributed by atoms with Gasteiger partial charge in [-0.05, 0) is 37.1 Å². The minimum atomic E-state index is -2.92. The highest BCUT2D eigenvalue weighted by atomic mass is 19.3. The standard InChI is InChI=1S/C11H12F3NO/c12-8-4-7(10-2-1-3-15-10)5-9(6-8)16-11(13)14/h4-6,10-11,15H,1-3H2. The largest absolute Gasteiger partial charge is 0.435 e. The molecule has 16 heavy (non-hydrogen) atoms. The molecule has 88 valence electrons. The van der Waals surface area contributed by atoms with Crippen molar-refractivity contribution in [2.24, 2.45) is 0 Å². The van der Waals surface area contributed by atoms with Crippen molar-refractivity contribution in [1.82, 2.24) is 5.32 Å². The van der Waals surface area contributed by atoms with Gasteiger partial charge in [-0.1, -0.05) is 0 Å². The molecular formula is C11H12F3NO. The Labute approximate surface area is 91.4 Å². The Morgan fingerprint density at radius 3 is 2.75 bits per heavy atom. The van der Waals surface area contributed by atoms with Crippen LogP contribution in [0.4, 0.5) is 13.2 Å². The summed E-state index contributed by atoms with van der Waals surface area (Å²) >= 11 is 0. The van der Waals surface area contributed by atoms with Crippen LogP contribution in [0.3, 0.4) is 0 Å². The van der Waals surface area contributed by atoms with E-state index in [1.54, 1.807) is 0 Å². The van der Waals surface area contributed by atoms with Gasteiger partial charge in [0.1, 0.15) is 11.6 Å². The van der Waals surface area contributed by atoms with E-state index < -0.39 is 12.4 Å². The summed E-state index contributed by atoms with van der Waals surface area (Å²) in [5, 5.41) is 3.17. The number of rotatable bonds is 3. The van der Waals surface area contributed by atoms with E-state index in [0.717, 1.165) is 25.5 Å². The van der Waals surface area contributed by atoms with Gasteiger partial charge in [-0.3, -0.25) is 0 Å². The average molecular weight is 231 g/mol. The van der Waals surface area contributed by atoms with Crippen molar-refractivity contribution < 1.29 is 17.9 Å². The van der Waals surface area contributed by atoms with Crippen LogP contribution < -0.4 is 10.1 Å². The highest BCUT2D eigenvalue weighted by Gasteiger charge is 2.18. The second-order valence-electron chi connectivity index (χ2n) is 3.75. The molecule has 1 aromatic carbocycles. The molecule has 1 aliphatic heterocycles. The molecule has 5 heteroatoms. The molecule has 1 N–H and O–H groups in total. The van der Waals surface area contributed by atoms with Gasteiger partial charge in [-0.25, -0.2) is 4.39 Å². The van der Waals surface area contributed by atoms with Crippen molar-refractivity contribution in [2.75, 3.05) is 6.54 Å². The second-order valence-corrected chi connectivity index (χ2v) is 3.75. The number of ether oxygens (including phenoxy) is 1. The number of benzene rings is 1. The van der Waals surface area contributed by atoms with Crippen LogP contribution in [0.25, 0.3) is 0 Å². The van der Waals surface area contributed by atoms with Crippen molar-refractivity contribution >= 4 is 0 Å². The lowest BCUT2D eigenvalue weighted by Gasteiger charge is -2.12. The van der Waals surface area contributed by atoms with Crippen LogP contribution >= 0.6 is 0 Å². The summed E-state index contributed by atoms with van der Waals surface area (Å²) in [6.07, 6.45) is 1.89. The lowest BCUT2D eigenvalue weighted by Crippen LogP contribution is -2.13. The van der Waals surface area contributed by atoms with Crippen molar-refractivity contribution in [2.45, 2.75) is 25.5 Å². The number of hydrogen-bond donors (Lipinski definition) is 1. The first-order valence-corrected chi connectivity index (χ1v) is 5.14. The van der Waals surface area contributed by atoms with Gasteiger partial charge in [-0.15, -0.1) is 0 Å². The molecule has 1 heterocycles. The molecule has 2 nitrogen and oxygen atoms in total. The third-order valence-corrected chi connectivity index (χ3v) is 2.58. The summed E-state index contributed by atoms with van der Waals surface area (Å²) in [6.45, 7) is -2.06. The molecule has 0 aromatic heterocycles. The molecule has 1 aliphatic rings. The van der Waals surface area contributed by atoms with Crippen LogP contribution in [0.15, 0.2) is 18.2 Å². The minimum absolute atomic E-state index is 0.0377. The Bertz CT molecular complexity index is 364. The third kappa shape index (κ3) is 2.66. The maximum atomic E-state index is 13.2. The second kappa shape index (κ2) is 4.74. The number of alkyl halides is 2.